The molecule has 8 heteroatoms. The van der Waals surface area contributed by atoms with E-state index in [0.717, 1.165) is 12.5 Å². The number of carbonyl (C=O) groups is 1. The SMILES string of the molecule is O=C(c1ccccc1OC(F)(F)C(F)F)N1CCCC1c1ccccn1. The molecule has 1 amide bonds. The number of hydrogen-bond acceptors (Lipinski definition) is 3. The molecule has 3 rings (SSSR count). The lowest BCUT2D eigenvalue weighted by Gasteiger charge is -2.26. The minimum absolute atomic E-state index is 0.185. The second-order valence-corrected chi connectivity index (χ2v) is 5.87. The molecule has 2 aromatic rings. The Morgan fingerprint density at radius 1 is 1.19 bits per heavy atom. The van der Waals surface area contributed by atoms with Crippen molar-refractivity contribution >= 4 is 5.91 Å². The van der Waals surface area contributed by atoms with Gasteiger partial charge in [-0.2, -0.15) is 17.6 Å². The predicted octanol–water partition coefficient (Wildman–Crippen LogP) is 4.30. The highest BCUT2D eigenvalue weighted by Crippen LogP contribution is 2.35. The zero-order valence-electron chi connectivity index (χ0n) is 13.6. The fraction of sp³-hybridized carbons (Fsp3) is 0.333. The summed E-state index contributed by atoms with van der Waals surface area (Å²) in [6.07, 6.45) is -5.67. The molecule has 26 heavy (non-hydrogen) atoms. The highest BCUT2D eigenvalue weighted by molar-refractivity contribution is 5.97. The molecule has 0 saturated carbocycles. The molecule has 0 radical (unpaired) electrons. The van der Waals surface area contributed by atoms with Crippen LogP contribution in [0.3, 0.4) is 0 Å². The summed E-state index contributed by atoms with van der Waals surface area (Å²) in [5.41, 5.74) is 0.505. The number of aromatic nitrogens is 1. The molecule has 1 saturated heterocycles. The maximum absolute atomic E-state index is 13.3. The van der Waals surface area contributed by atoms with Crippen molar-refractivity contribution in [3.63, 3.8) is 0 Å². The van der Waals surface area contributed by atoms with Crippen molar-refractivity contribution in [1.29, 1.82) is 0 Å². The Balaban J connectivity index is 1.88. The number of amides is 1. The van der Waals surface area contributed by atoms with E-state index in [1.165, 1.54) is 23.1 Å². The summed E-state index contributed by atoms with van der Waals surface area (Å²) < 4.78 is 55.6. The summed E-state index contributed by atoms with van der Waals surface area (Å²) in [4.78, 5) is 18.6. The third-order valence-corrected chi connectivity index (χ3v) is 4.16. The van der Waals surface area contributed by atoms with Crippen LogP contribution < -0.4 is 4.74 Å². The number of benzene rings is 1. The fourth-order valence-corrected chi connectivity index (χ4v) is 2.97. The van der Waals surface area contributed by atoms with Crippen molar-refractivity contribution < 1.29 is 27.1 Å². The number of nitrogens with zero attached hydrogens (tertiary/aromatic N) is 2. The lowest BCUT2D eigenvalue weighted by molar-refractivity contribution is -0.253. The number of hydrogen-bond donors (Lipinski definition) is 0. The van der Waals surface area contributed by atoms with Crippen LogP contribution in [0.15, 0.2) is 48.7 Å². The molecule has 4 nitrogen and oxygen atoms in total. The molecule has 2 heterocycles. The number of halogens is 4. The van der Waals surface area contributed by atoms with Gasteiger partial charge in [-0.1, -0.05) is 18.2 Å². The summed E-state index contributed by atoms with van der Waals surface area (Å²) in [6, 6.07) is 10.2. The molecule has 0 aliphatic carbocycles. The van der Waals surface area contributed by atoms with Crippen molar-refractivity contribution in [3.8, 4) is 5.75 Å². The van der Waals surface area contributed by atoms with E-state index >= 15 is 0 Å². The van der Waals surface area contributed by atoms with Gasteiger partial charge in [0.2, 0.25) is 0 Å². The minimum Gasteiger partial charge on any atom is -0.427 e. The van der Waals surface area contributed by atoms with Crippen LogP contribution in [0, 0.1) is 0 Å². The molecular formula is C18H16F4N2O2. The van der Waals surface area contributed by atoms with Gasteiger partial charge >= 0.3 is 12.5 Å². The highest BCUT2D eigenvalue weighted by Gasteiger charge is 2.45. The lowest BCUT2D eigenvalue weighted by atomic mass is 10.1. The molecule has 1 fully saturated rings. The Morgan fingerprint density at radius 2 is 1.92 bits per heavy atom. The number of pyridine rings is 1. The largest absolute Gasteiger partial charge is 0.461 e. The number of ether oxygens (including phenoxy) is 1. The predicted molar refractivity (Wildman–Crippen MR) is 85.3 cm³/mol. The Labute approximate surface area is 147 Å². The van der Waals surface area contributed by atoms with Crippen LogP contribution >= 0.6 is 0 Å². The Kier molecular flexibility index (Phi) is 5.11. The van der Waals surface area contributed by atoms with E-state index in [1.807, 2.05) is 0 Å². The maximum Gasteiger partial charge on any atom is 0.461 e. The van der Waals surface area contributed by atoms with E-state index in [1.54, 1.807) is 24.4 Å². The normalized spacial score (nSPS) is 17.6. The highest BCUT2D eigenvalue weighted by atomic mass is 19.3. The van der Waals surface area contributed by atoms with Crippen LogP contribution in [-0.4, -0.2) is 34.9 Å². The Morgan fingerprint density at radius 3 is 2.62 bits per heavy atom. The van der Waals surface area contributed by atoms with Gasteiger partial charge in [-0.05, 0) is 37.1 Å². The number of rotatable bonds is 5. The van der Waals surface area contributed by atoms with Crippen molar-refractivity contribution in [1.82, 2.24) is 9.88 Å². The molecule has 1 aliphatic rings. The van der Waals surface area contributed by atoms with E-state index in [9.17, 15) is 22.4 Å². The first-order valence-corrected chi connectivity index (χ1v) is 8.06. The molecule has 0 bridgehead atoms. The average molecular weight is 368 g/mol. The third kappa shape index (κ3) is 3.63. The zero-order chi connectivity index (χ0) is 18.7. The molecule has 1 unspecified atom stereocenters. The first-order valence-electron chi connectivity index (χ1n) is 8.06. The first-order chi connectivity index (χ1) is 12.4. The van der Waals surface area contributed by atoms with E-state index in [0.29, 0.717) is 18.7 Å². The topological polar surface area (TPSA) is 42.4 Å². The maximum atomic E-state index is 13.3. The smallest absolute Gasteiger partial charge is 0.427 e. The molecular weight excluding hydrogens is 352 g/mol. The van der Waals surface area contributed by atoms with Gasteiger partial charge in [-0.15, -0.1) is 0 Å². The molecule has 1 atom stereocenters. The lowest BCUT2D eigenvalue weighted by Crippen LogP contribution is -2.35. The van der Waals surface area contributed by atoms with Crippen LogP contribution in [0.25, 0.3) is 0 Å². The van der Waals surface area contributed by atoms with Gasteiger partial charge in [-0.3, -0.25) is 9.78 Å². The van der Waals surface area contributed by atoms with E-state index < -0.39 is 24.2 Å². The standard InChI is InChI=1S/C18H16F4N2O2/c19-17(20)18(21,22)26-15-9-2-1-6-12(15)16(25)24-11-5-8-14(24)13-7-3-4-10-23-13/h1-4,6-7,9-10,14,17H,5,8,11H2. The Hall–Kier alpha value is -2.64. The molecule has 1 aliphatic heterocycles. The van der Waals surface area contributed by atoms with Crippen molar-refractivity contribution in [2.24, 2.45) is 0 Å². The molecule has 0 N–H and O–H groups in total. The average Bonchev–Trinajstić information content (AvgIpc) is 3.11. The molecule has 138 valence electrons. The van der Waals surface area contributed by atoms with Crippen LogP contribution in [0.4, 0.5) is 17.6 Å². The van der Waals surface area contributed by atoms with Crippen molar-refractivity contribution in [2.75, 3.05) is 6.54 Å². The number of carbonyl (C=O) groups excluding carboxylic acids is 1. The molecule has 1 aromatic carbocycles. The number of likely N-dealkylation sites (tertiary alicyclic amines) is 1. The third-order valence-electron chi connectivity index (χ3n) is 4.16. The van der Waals surface area contributed by atoms with Gasteiger partial charge in [0.05, 0.1) is 17.3 Å². The molecule has 0 spiro atoms. The minimum atomic E-state index is -4.68. The Bertz CT molecular complexity index is 771. The number of alkyl halides is 4. The summed E-state index contributed by atoms with van der Waals surface area (Å²) in [6.45, 7) is 0.416. The van der Waals surface area contributed by atoms with Gasteiger partial charge in [0.25, 0.3) is 5.91 Å². The van der Waals surface area contributed by atoms with E-state index in [-0.39, 0.29) is 11.6 Å². The van der Waals surface area contributed by atoms with Crippen molar-refractivity contribution in [3.05, 3.63) is 59.9 Å². The fourth-order valence-electron chi connectivity index (χ4n) is 2.97. The van der Waals surface area contributed by atoms with Crippen molar-refractivity contribution in [2.45, 2.75) is 31.4 Å². The summed E-state index contributed by atoms with van der Waals surface area (Å²) in [5.74, 6) is -1.13. The van der Waals surface area contributed by atoms with Crippen LogP contribution in [0.1, 0.15) is 34.9 Å². The van der Waals surface area contributed by atoms with Gasteiger partial charge in [0.1, 0.15) is 5.75 Å². The zero-order valence-corrected chi connectivity index (χ0v) is 13.6. The monoisotopic (exact) mass is 368 g/mol. The molecule has 1 aromatic heterocycles. The second-order valence-electron chi connectivity index (χ2n) is 5.87. The quantitative estimate of drug-likeness (QED) is 0.739. The van der Waals surface area contributed by atoms with E-state index in [2.05, 4.69) is 9.72 Å². The van der Waals surface area contributed by atoms with Gasteiger partial charge in [-0.25, -0.2) is 0 Å². The summed E-state index contributed by atoms with van der Waals surface area (Å²) in [5, 5.41) is 0. The summed E-state index contributed by atoms with van der Waals surface area (Å²) >= 11 is 0. The van der Waals surface area contributed by atoms with Gasteiger partial charge in [0, 0.05) is 12.7 Å². The van der Waals surface area contributed by atoms with Gasteiger partial charge < -0.3 is 9.64 Å². The number of para-hydroxylation sites is 1. The van der Waals surface area contributed by atoms with Crippen LogP contribution in [0.2, 0.25) is 0 Å². The summed E-state index contributed by atoms with van der Waals surface area (Å²) in [7, 11) is 0. The van der Waals surface area contributed by atoms with Gasteiger partial charge in [0.15, 0.2) is 0 Å². The van der Waals surface area contributed by atoms with Crippen LogP contribution in [-0.2, 0) is 0 Å². The van der Waals surface area contributed by atoms with Crippen LogP contribution in [0.5, 0.6) is 5.75 Å². The first kappa shape index (κ1) is 18.2. The van der Waals surface area contributed by atoms with E-state index in [4.69, 9.17) is 0 Å². The second kappa shape index (κ2) is 7.31.